The molecule has 1 heterocycles. The predicted octanol–water partition coefficient (Wildman–Crippen LogP) is 2.90. The van der Waals surface area contributed by atoms with Crippen LogP contribution in [0.25, 0.3) is 0 Å². The minimum atomic E-state index is -0.198. The van der Waals surface area contributed by atoms with Gasteiger partial charge in [-0.3, -0.25) is 9.63 Å². The standard InChI is InChI=1S/C13H24BrNO3/c1-6-17-15-12(2,3)7-10(8-13(15,4)5)18-11(16)9-14/h10H,6-9H2,1-5H3. The Labute approximate surface area is 118 Å². The first-order valence-electron chi connectivity index (χ1n) is 6.41. The molecule has 4 nitrogen and oxygen atoms in total. The summed E-state index contributed by atoms with van der Waals surface area (Å²) in [6.07, 6.45) is 1.53. The number of carbonyl (C=O) groups is 1. The normalized spacial score (nSPS) is 23.9. The maximum atomic E-state index is 11.4. The van der Waals surface area contributed by atoms with E-state index < -0.39 is 0 Å². The largest absolute Gasteiger partial charge is 0.462 e. The summed E-state index contributed by atoms with van der Waals surface area (Å²) in [6.45, 7) is 11.1. The highest BCUT2D eigenvalue weighted by Gasteiger charge is 2.47. The lowest BCUT2D eigenvalue weighted by Crippen LogP contribution is -2.62. The molecule has 0 radical (unpaired) electrons. The summed E-state index contributed by atoms with van der Waals surface area (Å²) in [5.41, 5.74) is -0.288. The van der Waals surface area contributed by atoms with Crippen LogP contribution in [0, 0.1) is 0 Å². The van der Waals surface area contributed by atoms with Gasteiger partial charge in [-0.1, -0.05) is 15.9 Å². The number of carbonyl (C=O) groups excluding carboxylic acids is 1. The number of halogens is 1. The van der Waals surface area contributed by atoms with Gasteiger partial charge in [0.25, 0.3) is 0 Å². The van der Waals surface area contributed by atoms with E-state index in [4.69, 9.17) is 9.57 Å². The highest BCUT2D eigenvalue weighted by atomic mass is 79.9. The predicted molar refractivity (Wildman–Crippen MR) is 74.5 cm³/mol. The third-order valence-corrected chi connectivity index (χ3v) is 3.68. The molecule has 0 amide bonds. The number of rotatable bonds is 4. The monoisotopic (exact) mass is 321 g/mol. The Bertz CT molecular complexity index is 287. The molecule has 0 bridgehead atoms. The fraction of sp³-hybridized carbons (Fsp3) is 0.923. The van der Waals surface area contributed by atoms with Crippen molar-refractivity contribution in [3.63, 3.8) is 0 Å². The summed E-state index contributed by atoms with van der Waals surface area (Å²) < 4.78 is 5.47. The molecule has 0 aliphatic carbocycles. The van der Waals surface area contributed by atoms with E-state index in [0.717, 1.165) is 12.8 Å². The SMILES string of the molecule is CCON1C(C)(C)CC(OC(=O)CBr)CC1(C)C. The number of hydrogen-bond acceptors (Lipinski definition) is 4. The molecule has 0 N–H and O–H groups in total. The summed E-state index contributed by atoms with van der Waals surface area (Å²) >= 11 is 3.13. The van der Waals surface area contributed by atoms with Crippen LogP contribution in [0.4, 0.5) is 0 Å². The quantitative estimate of drug-likeness (QED) is 0.589. The van der Waals surface area contributed by atoms with Crippen LogP contribution in [0.3, 0.4) is 0 Å². The van der Waals surface area contributed by atoms with Gasteiger partial charge in [-0.2, -0.15) is 5.06 Å². The van der Waals surface area contributed by atoms with E-state index in [2.05, 4.69) is 48.7 Å². The van der Waals surface area contributed by atoms with Crippen molar-refractivity contribution in [3.8, 4) is 0 Å². The zero-order valence-corrected chi connectivity index (χ0v) is 13.5. The van der Waals surface area contributed by atoms with E-state index in [0.29, 0.717) is 6.61 Å². The van der Waals surface area contributed by atoms with Crippen molar-refractivity contribution in [2.75, 3.05) is 11.9 Å². The fourth-order valence-corrected chi connectivity index (χ4v) is 3.08. The first kappa shape index (κ1) is 15.9. The molecule has 18 heavy (non-hydrogen) atoms. The molecule has 0 saturated carbocycles. The second-order valence-electron chi connectivity index (χ2n) is 5.99. The van der Waals surface area contributed by atoms with Crippen LogP contribution >= 0.6 is 15.9 Å². The van der Waals surface area contributed by atoms with Gasteiger partial charge in [-0.05, 0) is 34.6 Å². The maximum Gasteiger partial charge on any atom is 0.316 e. The van der Waals surface area contributed by atoms with Crippen LogP contribution in [-0.2, 0) is 14.4 Å². The van der Waals surface area contributed by atoms with E-state index in [1.54, 1.807) is 0 Å². The summed E-state index contributed by atoms with van der Waals surface area (Å²) in [6, 6.07) is 0. The topological polar surface area (TPSA) is 38.8 Å². The Morgan fingerprint density at radius 3 is 2.17 bits per heavy atom. The van der Waals surface area contributed by atoms with Gasteiger partial charge in [0, 0.05) is 23.9 Å². The molecule has 106 valence electrons. The van der Waals surface area contributed by atoms with Gasteiger partial charge < -0.3 is 4.74 Å². The molecular weight excluding hydrogens is 298 g/mol. The number of hydroxylamine groups is 2. The van der Waals surface area contributed by atoms with Crippen LogP contribution in [0.15, 0.2) is 0 Å². The lowest BCUT2D eigenvalue weighted by molar-refractivity contribution is -0.290. The minimum absolute atomic E-state index is 0.0447. The number of alkyl halides is 1. The fourth-order valence-electron chi connectivity index (χ4n) is 2.95. The molecule has 0 aromatic carbocycles. The lowest BCUT2D eigenvalue weighted by atomic mass is 9.80. The second kappa shape index (κ2) is 5.88. The van der Waals surface area contributed by atoms with Crippen molar-refractivity contribution in [1.29, 1.82) is 0 Å². The molecule has 1 fully saturated rings. The van der Waals surface area contributed by atoms with Crippen molar-refractivity contribution in [1.82, 2.24) is 5.06 Å². The number of ether oxygens (including phenoxy) is 1. The highest BCUT2D eigenvalue weighted by Crippen LogP contribution is 2.39. The molecule has 5 heteroatoms. The summed E-state index contributed by atoms with van der Waals surface area (Å²) in [7, 11) is 0. The molecule has 1 saturated heterocycles. The van der Waals surface area contributed by atoms with Gasteiger partial charge in [-0.25, -0.2) is 0 Å². The van der Waals surface area contributed by atoms with Crippen molar-refractivity contribution < 1.29 is 14.4 Å². The Morgan fingerprint density at radius 2 is 1.78 bits per heavy atom. The Hall–Kier alpha value is -0.130. The molecule has 0 spiro atoms. The van der Waals surface area contributed by atoms with E-state index in [1.165, 1.54) is 0 Å². The smallest absolute Gasteiger partial charge is 0.316 e. The van der Waals surface area contributed by atoms with E-state index >= 15 is 0 Å². The van der Waals surface area contributed by atoms with Crippen LogP contribution in [-0.4, -0.2) is 40.2 Å². The molecule has 0 atom stereocenters. The Kier molecular flexibility index (Phi) is 5.21. The number of esters is 1. The minimum Gasteiger partial charge on any atom is -0.462 e. The molecule has 0 aromatic heterocycles. The van der Waals surface area contributed by atoms with Crippen molar-refractivity contribution in [3.05, 3.63) is 0 Å². The Morgan fingerprint density at radius 1 is 1.28 bits per heavy atom. The van der Waals surface area contributed by atoms with Crippen molar-refractivity contribution in [2.45, 2.75) is 64.6 Å². The van der Waals surface area contributed by atoms with Gasteiger partial charge in [0.15, 0.2) is 0 Å². The molecule has 1 rings (SSSR count). The van der Waals surface area contributed by atoms with E-state index in [9.17, 15) is 4.79 Å². The summed E-state index contributed by atoms with van der Waals surface area (Å²) in [5.74, 6) is -0.198. The summed E-state index contributed by atoms with van der Waals surface area (Å²) in [5, 5.41) is 2.30. The van der Waals surface area contributed by atoms with E-state index in [-0.39, 0.29) is 28.5 Å². The molecule has 1 aliphatic heterocycles. The Balaban J connectivity index is 2.80. The lowest BCUT2D eigenvalue weighted by Gasteiger charge is -2.53. The third kappa shape index (κ3) is 3.68. The van der Waals surface area contributed by atoms with Gasteiger partial charge in [0.1, 0.15) is 11.4 Å². The first-order chi connectivity index (χ1) is 8.23. The highest BCUT2D eigenvalue weighted by molar-refractivity contribution is 9.09. The third-order valence-electron chi connectivity index (χ3n) is 3.22. The van der Waals surface area contributed by atoms with Gasteiger partial charge in [0.05, 0.1) is 6.61 Å². The van der Waals surface area contributed by atoms with Crippen LogP contribution in [0.5, 0.6) is 0 Å². The zero-order chi connectivity index (χ0) is 14.0. The van der Waals surface area contributed by atoms with Gasteiger partial charge in [0.2, 0.25) is 0 Å². The number of hydrogen-bond donors (Lipinski definition) is 0. The number of nitrogens with zero attached hydrogens (tertiary/aromatic N) is 1. The molecule has 0 aromatic rings. The van der Waals surface area contributed by atoms with Crippen LogP contribution < -0.4 is 0 Å². The van der Waals surface area contributed by atoms with Gasteiger partial charge >= 0.3 is 5.97 Å². The van der Waals surface area contributed by atoms with Gasteiger partial charge in [-0.15, -0.1) is 0 Å². The summed E-state index contributed by atoms with van der Waals surface area (Å²) in [4.78, 5) is 17.2. The maximum absolute atomic E-state index is 11.4. The second-order valence-corrected chi connectivity index (χ2v) is 6.55. The average Bonchev–Trinajstić information content (AvgIpc) is 2.22. The average molecular weight is 322 g/mol. The van der Waals surface area contributed by atoms with Crippen molar-refractivity contribution >= 4 is 21.9 Å². The zero-order valence-electron chi connectivity index (χ0n) is 12.0. The molecular formula is C13H24BrNO3. The van der Waals surface area contributed by atoms with Crippen LogP contribution in [0.1, 0.15) is 47.5 Å². The molecule has 0 unspecified atom stereocenters. The molecule has 1 aliphatic rings. The number of piperidine rings is 1. The first-order valence-corrected chi connectivity index (χ1v) is 7.54. The van der Waals surface area contributed by atoms with Crippen LogP contribution in [0.2, 0.25) is 0 Å². The van der Waals surface area contributed by atoms with Crippen molar-refractivity contribution in [2.24, 2.45) is 0 Å². The van der Waals surface area contributed by atoms with E-state index in [1.807, 2.05) is 6.92 Å².